The third-order valence-electron chi connectivity index (χ3n) is 0.953. The normalized spacial score (nSPS) is 14.3. The smallest absolute Gasteiger partial charge is 0.0524 e. The first-order valence-electron chi connectivity index (χ1n) is 4.50. The standard InChI is InChI=1S/C10H20N3/c1-9(2,3)11-7-8-12-13-10(4,5)6/h7-8H,1-6H3/q-1/b11-7?,12-8+. The summed E-state index contributed by atoms with van der Waals surface area (Å²) in [7, 11) is 0. The minimum atomic E-state index is -0.105. The van der Waals surface area contributed by atoms with Crippen LogP contribution in [0.1, 0.15) is 41.5 Å². The van der Waals surface area contributed by atoms with Crippen LogP contribution in [0.15, 0.2) is 10.1 Å². The van der Waals surface area contributed by atoms with E-state index in [1.807, 2.05) is 41.5 Å². The van der Waals surface area contributed by atoms with Gasteiger partial charge in [-0.05, 0) is 20.8 Å². The predicted octanol–water partition coefficient (Wildman–Crippen LogP) is 3.01. The minimum absolute atomic E-state index is 0.0340. The summed E-state index contributed by atoms with van der Waals surface area (Å²) in [6, 6.07) is 0. The molecule has 0 aromatic rings. The fourth-order valence-electron chi connectivity index (χ4n) is 0.493. The van der Waals surface area contributed by atoms with Gasteiger partial charge in [-0.3, -0.25) is 4.99 Å². The van der Waals surface area contributed by atoms with Gasteiger partial charge in [0.25, 0.3) is 0 Å². The maximum absolute atomic E-state index is 4.24. The molecule has 0 aliphatic heterocycles. The van der Waals surface area contributed by atoms with Crippen LogP contribution < -0.4 is 0 Å². The maximum Gasteiger partial charge on any atom is 0.0524 e. The molecule has 0 aliphatic rings. The van der Waals surface area contributed by atoms with Crippen LogP contribution in [-0.4, -0.2) is 23.5 Å². The highest BCUT2D eigenvalue weighted by Gasteiger charge is 2.03. The first-order valence-corrected chi connectivity index (χ1v) is 4.50. The fourth-order valence-corrected chi connectivity index (χ4v) is 0.493. The molecule has 0 heterocycles. The molecule has 0 fully saturated rings. The Morgan fingerprint density at radius 2 is 1.46 bits per heavy atom. The molecule has 0 saturated carbocycles. The van der Waals surface area contributed by atoms with E-state index < -0.39 is 0 Å². The Bertz CT molecular complexity index is 191. The van der Waals surface area contributed by atoms with Crippen molar-refractivity contribution >= 4 is 12.4 Å². The van der Waals surface area contributed by atoms with Crippen molar-refractivity contribution in [1.82, 2.24) is 0 Å². The van der Waals surface area contributed by atoms with E-state index >= 15 is 0 Å². The van der Waals surface area contributed by atoms with Gasteiger partial charge in [-0.1, -0.05) is 20.8 Å². The summed E-state index contributed by atoms with van der Waals surface area (Å²) in [5, 5.41) is 3.90. The van der Waals surface area contributed by atoms with Gasteiger partial charge >= 0.3 is 0 Å². The SMILES string of the molecule is CC(C)(C)N=C/C=N/[N-]C(C)(C)C. The zero-order valence-corrected chi connectivity index (χ0v) is 9.50. The number of hydrogen-bond acceptors (Lipinski definition) is 2. The van der Waals surface area contributed by atoms with Gasteiger partial charge in [-0.2, -0.15) is 0 Å². The van der Waals surface area contributed by atoms with Gasteiger partial charge in [0.1, 0.15) is 0 Å². The highest BCUT2D eigenvalue weighted by molar-refractivity contribution is 6.16. The molecule has 0 rings (SSSR count). The molecular formula is C10H20N3-. The first-order chi connectivity index (χ1) is 5.71. The summed E-state index contributed by atoms with van der Waals surface area (Å²) in [6.45, 7) is 12.1. The molecule has 0 unspecified atom stereocenters. The average molecular weight is 182 g/mol. The van der Waals surface area contributed by atoms with E-state index in [1.54, 1.807) is 12.4 Å². The van der Waals surface area contributed by atoms with E-state index in [1.165, 1.54) is 0 Å². The molecule has 0 aromatic heterocycles. The van der Waals surface area contributed by atoms with E-state index in [4.69, 9.17) is 0 Å². The van der Waals surface area contributed by atoms with Gasteiger partial charge < -0.3 is 10.5 Å². The second-order valence-electron chi connectivity index (χ2n) is 4.98. The minimum Gasteiger partial charge on any atom is -0.597 e. The Hall–Kier alpha value is -0.860. The second kappa shape index (κ2) is 4.40. The van der Waals surface area contributed by atoms with Crippen molar-refractivity contribution in [1.29, 1.82) is 0 Å². The third-order valence-corrected chi connectivity index (χ3v) is 0.953. The van der Waals surface area contributed by atoms with Crippen molar-refractivity contribution < 1.29 is 0 Å². The van der Waals surface area contributed by atoms with Crippen LogP contribution in [0.4, 0.5) is 0 Å². The lowest BCUT2D eigenvalue weighted by Crippen LogP contribution is -2.10. The van der Waals surface area contributed by atoms with Crippen LogP contribution in [-0.2, 0) is 0 Å². The average Bonchev–Trinajstić information content (AvgIpc) is 1.81. The van der Waals surface area contributed by atoms with Gasteiger partial charge in [0.05, 0.1) is 5.54 Å². The summed E-state index contributed by atoms with van der Waals surface area (Å²) in [6.07, 6.45) is 3.31. The Balaban J connectivity index is 3.84. The van der Waals surface area contributed by atoms with Crippen LogP contribution in [0, 0.1) is 0 Å². The van der Waals surface area contributed by atoms with Crippen LogP contribution >= 0.6 is 0 Å². The number of aliphatic imine (C=N–C) groups is 1. The van der Waals surface area contributed by atoms with Crippen LogP contribution in [0.2, 0.25) is 0 Å². The molecule has 0 radical (unpaired) electrons. The number of nitrogens with zero attached hydrogens (tertiary/aromatic N) is 3. The van der Waals surface area contributed by atoms with Gasteiger partial charge in [0.15, 0.2) is 0 Å². The topological polar surface area (TPSA) is 38.8 Å². The molecule has 0 atom stereocenters. The van der Waals surface area contributed by atoms with Gasteiger partial charge in [0.2, 0.25) is 0 Å². The molecule has 0 amide bonds. The van der Waals surface area contributed by atoms with Gasteiger partial charge in [-0.15, -0.1) is 5.54 Å². The highest BCUT2D eigenvalue weighted by Crippen LogP contribution is 2.13. The number of hydrogen-bond donors (Lipinski definition) is 0. The monoisotopic (exact) mass is 182 g/mol. The van der Waals surface area contributed by atoms with E-state index in [9.17, 15) is 0 Å². The molecule has 0 N–H and O–H groups in total. The van der Waals surface area contributed by atoms with Crippen molar-refractivity contribution in [2.45, 2.75) is 52.6 Å². The first kappa shape index (κ1) is 12.1. The van der Waals surface area contributed by atoms with E-state index in [0.29, 0.717) is 0 Å². The fraction of sp³-hybridized carbons (Fsp3) is 0.800. The van der Waals surface area contributed by atoms with Crippen molar-refractivity contribution in [3.63, 3.8) is 0 Å². The summed E-state index contributed by atoms with van der Waals surface area (Å²) < 4.78 is 0. The molecular weight excluding hydrogens is 162 g/mol. The Kier molecular flexibility index (Phi) is 4.11. The Morgan fingerprint density at radius 1 is 0.923 bits per heavy atom. The summed E-state index contributed by atoms with van der Waals surface area (Å²) in [5.41, 5.74) is 3.92. The van der Waals surface area contributed by atoms with Crippen molar-refractivity contribution in [2.24, 2.45) is 10.1 Å². The third kappa shape index (κ3) is 11.1. The van der Waals surface area contributed by atoms with E-state index in [2.05, 4.69) is 15.5 Å². The van der Waals surface area contributed by atoms with E-state index in [-0.39, 0.29) is 11.1 Å². The Labute approximate surface area is 81.3 Å². The van der Waals surface area contributed by atoms with Crippen molar-refractivity contribution in [2.75, 3.05) is 0 Å². The number of rotatable bonds is 2. The zero-order chi connectivity index (χ0) is 10.5. The highest BCUT2D eigenvalue weighted by atomic mass is 15.3. The second-order valence-corrected chi connectivity index (χ2v) is 4.98. The molecule has 3 nitrogen and oxygen atoms in total. The molecule has 0 aliphatic carbocycles. The van der Waals surface area contributed by atoms with Gasteiger partial charge in [0, 0.05) is 12.4 Å². The summed E-state index contributed by atoms with van der Waals surface area (Å²) in [5.74, 6) is 0. The maximum atomic E-state index is 4.24. The molecule has 0 saturated heterocycles. The lowest BCUT2D eigenvalue weighted by molar-refractivity contribution is 0.587. The zero-order valence-electron chi connectivity index (χ0n) is 9.50. The molecule has 3 heteroatoms. The van der Waals surface area contributed by atoms with E-state index in [0.717, 1.165) is 0 Å². The molecule has 76 valence electrons. The molecule has 0 spiro atoms. The van der Waals surface area contributed by atoms with Crippen molar-refractivity contribution in [3.05, 3.63) is 5.43 Å². The van der Waals surface area contributed by atoms with Crippen LogP contribution in [0.5, 0.6) is 0 Å². The molecule has 13 heavy (non-hydrogen) atoms. The molecule has 0 aromatic carbocycles. The largest absolute Gasteiger partial charge is 0.597 e. The lowest BCUT2D eigenvalue weighted by Gasteiger charge is -2.32. The van der Waals surface area contributed by atoms with Crippen LogP contribution in [0.3, 0.4) is 0 Å². The Morgan fingerprint density at radius 3 is 1.85 bits per heavy atom. The summed E-state index contributed by atoms with van der Waals surface area (Å²) >= 11 is 0. The van der Waals surface area contributed by atoms with Crippen molar-refractivity contribution in [3.8, 4) is 0 Å². The predicted molar refractivity (Wildman–Crippen MR) is 59.8 cm³/mol. The van der Waals surface area contributed by atoms with Gasteiger partial charge in [-0.25, -0.2) is 0 Å². The lowest BCUT2D eigenvalue weighted by atomic mass is 10.1. The summed E-state index contributed by atoms with van der Waals surface area (Å²) in [4.78, 5) is 4.24. The quantitative estimate of drug-likeness (QED) is 0.465. The van der Waals surface area contributed by atoms with Crippen LogP contribution in [0.25, 0.3) is 5.43 Å². The molecule has 0 bridgehead atoms.